The van der Waals surface area contributed by atoms with E-state index in [2.05, 4.69) is 0 Å². The van der Waals surface area contributed by atoms with Crippen LogP contribution in [0.3, 0.4) is 0 Å². The molecule has 0 aromatic rings. The molecule has 0 saturated carbocycles. The minimum absolute atomic E-state index is 0. The predicted molar refractivity (Wildman–Crippen MR) is 6.41 cm³/mol. The molecule has 0 atom stereocenters. The predicted octanol–water partition coefficient (Wildman–Crippen LogP) is 0.443. The Bertz CT molecular complexity index is 15.5. The van der Waals surface area contributed by atoms with Crippen LogP contribution in [0, 0.1) is 84.8 Å². The van der Waals surface area contributed by atoms with Gasteiger partial charge in [0.1, 0.15) is 0 Å². The zero-order chi connectivity index (χ0) is 0. The maximum absolute atomic E-state index is 0. The van der Waals surface area contributed by atoms with E-state index in [4.69, 9.17) is 0 Å². The monoisotopic (exact) mass is 464 g/mol. The molecule has 0 heterocycles. The van der Waals surface area contributed by atoms with E-state index in [1.165, 1.54) is 0 Å². The fourth-order valence-corrected chi connectivity index (χ4v) is 0. The van der Waals surface area contributed by atoms with Crippen molar-refractivity contribution in [1.82, 2.24) is 0 Å². The SMILES string of the molecule is [CH3-].[Ce].[Co].[Fe].[La].[Mn]. The van der Waals surface area contributed by atoms with Crippen molar-refractivity contribution in [3.05, 3.63) is 7.43 Å². The van der Waals surface area contributed by atoms with Crippen molar-refractivity contribution in [3.8, 4) is 0 Å². The molecule has 0 N–H and O–H groups in total. The summed E-state index contributed by atoms with van der Waals surface area (Å²) >= 11 is 0. The van der Waals surface area contributed by atoms with E-state index in [0.29, 0.717) is 0 Å². The second-order valence-electron chi connectivity index (χ2n) is 0. The van der Waals surface area contributed by atoms with Gasteiger partial charge in [0, 0.05) is 128 Å². The summed E-state index contributed by atoms with van der Waals surface area (Å²) in [6.07, 6.45) is 0. The Morgan fingerprint density at radius 2 is 1.00 bits per heavy atom. The Hall–Kier alpha value is 4.12. The second kappa shape index (κ2) is 35.4. The first-order valence-corrected chi connectivity index (χ1v) is 0. The van der Waals surface area contributed by atoms with Gasteiger partial charge >= 0.3 is 0 Å². The van der Waals surface area contributed by atoms with E-state index in [1.54, 1.807) is 0 Å². The minimum atomic E-state index is 0. The molecule has 39 valence electrons. The third-order valence-corrected chi connectivity index (χ3v) is 0. The van der Waals surface area contributed by atoms with E-state index in [-0.39, 0.29) is 136 Å². The second-order valence-corrected chi connectivity index (χ2v) is 0. The van der Waals surface area contributed by atoms with Gasteiger partial charge in [-0.3, -0.25) is 0 Å². The van der Waals surface area contributed by atoms with Gasteiger partial charge in [-0.15, -0.1) is 0 Å². The average Bonchev–Trinajstić information content (AvgIpc) is 0. The summed E-state index contributed by atoms with van der Waals surface area (Å²) in [4.78, 5) is 0. The standard InChI is InChI=1S/CH3.Ce.Co.Fe.La.Mn/h1H3;;;;;/q-1;;;;;. The van der Waals surface area contributed by atoms with Crippen LogP contribution in [-0.2, 0) is 50.9 Å². The Morgan fingerprint density at radius 1 is 1.00 bits per heavy atom. The molecule has 0 nitrogen and oxygen atoms in total. The third-order valence-electron chi connectivity index (χ3n) is 0. The summed E-state index contributed by atoms with van der Waals surface area (Å²) < 4.78 is 0. The molecule has 0 aromatic heterocycles. The molecule has 0 spiro atoms. The van der Waals surface area contributed by atoms with Crippen LogP contribution in [0.4, 0.5) is 0 Å². The van der Waals surface area contributed by atoms with Crippen LogP contribution in [-0.4, -0.2) is 0 Å². The normalized spacial score (nSPS) is 0. The summed E-state index contributed by atoms with van der Waals surface area (Å²) in [5.41, 5.74) is 0. The maximum atomic E-state index is 0. The minimum Gasteiger partial charge on any atom is -0.358 e. The molecule has 0 aliphatic carbocycles. The number of hydrogen-bond donors (Lipinski definition) is 0. The summed E-state index contributed by atoms with van der Waals surface area (Å²) in [5.74, 6) is 0. The first-order valence-electron chi connectivity index (χ1n) is 0. The fraction of sp³-hybridized carbons (Fsp3) is 0. The number of hydrogen-bond acceptors (Lipinski definition) is 0. The largest absolute Gasteiger partial charge is 0.358 e. The van der Waals surface area contributed by atoms with Crippen molar-refractivity contribution in [2.24, 2.45) is 0 Å². The van der Waals surface area contributed by atoms with E-state index in [1.807, 2.05) is 0 Å². The Balaban J connectivity index is 0. The van der Waals surface area contributed by atoms with Gasteiger partial charge in [0.05, 0.1) is 0 Å². The van der Waals surface area contributed by atoms with Crippen LogP contribution in [0.1, 0.15) is 0 Å². The van der Waals surface area contributed by atoms with Crippen LogP contribution in [0.2, 0.25) is 0 Å². The van der Waals surface area contributed by atoms with Crippen molar-refractivity contribution < 1.29 is 128 Å². The average molecular weight is 464 g/mol. The summed E-state index contributed by atoms with van der Waals surface area (Å²) in [5, 5.41) is 0. The van der Waals surface area contributed by atoms with Crippen molar-refractivity contribution in [2.75, 3.05) is 0 Å². The Kier molecular flexibility index (Phi) is 293. The van der Waals surface area contributed by atoms with Gasteiger partial charge in [0.2, 0.25) is 0 Å². The molecule has 0 unspecified atom stereocenters. The molecule has 0 bridgehead atoms. The van der Waals surface area contributed by atoms with Gasteiger partial charge in [0.25, 0.3) is 0 Å². The summed E-state index contributed by atoms with van der Waals surface area (Å²) in [7, 11) is 0. The molecule has 0 aliphatic rings. The zero-order valence-electron chi connectivity index (χ0n) is 3.14. The van der Waals surface area contributed by atoms with Crippen molar-refractivity contribution in [1.29, 1.82) is 0 Å². The van der Waals surface area contributed by atoms with Crippen LogP contribution in [0.25, 0.3) is 0 Å². The molecule has 0 fully saturated rings. The van der Waals surface area contributed by atoms with Gasteiger partial charge in [-0.2, -0.15) is 0 Å². The summed E-state index contributed by atoms with van der Waals surface area (Å²) in [6.45, 7) is 0. The van der Waals surface area contributed by atoms with Gasteiger partial charge < -0.3 is 7.43 Å². The molecule has 0 saturated heterocycles. The molecule has 0 aromatic carbocycles. The molecular weight excluding hydrogens is 461 g/mol. The van der Waals surface area contributed by atoms with Crippen molar-refractivity contribution in [3.63, 3.8) is 0 Å². The van der Waals surface area contributed by atoms with E-state index >= 15 is 0 Å². The van der Waals surface area contributed by atoms with Gasteiger partial charge in [-0.1, -0.05) is 0 Å². The fourth-order valence-electron chi connectivity index (χ4n) is 0. The van der Waals surface area contributed by atoms with Crippen LogP contribution >= 0.6 is 0 Å². The summed E-state index contributed by atoms with van der Waals surface area (Å²) in [6, 6.07) is 0. The molecule has 0 aliphatic heterocycles. The van der Waals surface area contributed by atoms with Crippen molar-refractivity contribution >= 4 is 0 Å². The first-order chi connectivity index (χ1) is 0. The van der Waals surface area contributed by atoms with E-state index in [9.17, 15) is 0 Å². The quantitative estimate of drug-likeness (QED) is 0.361. The first kappa shape index (κ1) is 49.6. The van der Waals surface area contributed by atoms with E-state index < -0.39 is 0 Å². The maximum Gasteiger partial charge on any atom is 0 e. The Labute approximate surface area is 132 Å². The number of rotatable bonds is 0. The van der Waals surface area contributed by atoms with Gasteiger partial charge in [-0.05, 0) is 0 Å². The molecule has 0 amide bonds. The molecule has 0 rings (SSSR count). The van der Waals surface area contributed by atoms with Crippen LogP contribution in [0.5, 0.6) is 0 Å². The molecular formula is CH3CeCoFeLaMn-. The van der Waals surface area contributed by atoms with Crippen LogP contribution in [0.15, 0.2) is 0 Å². The molecule has 3 radical (unpaired) electrons. The van der Waals surface area contributed by atoms with E-state index in [0.717, 1.165) is 0 Å². The van der Waals surface area contributed by atoms with Gasteiger partial charge in [-0.25, -0.2) is 0 Å². The molecule has 5 heteroatoms. The third kappa shape index (κ3) is 24.3. The zero-order valence-corrected chi connectivity index (χ0v) is 13.2. The molecule has 6 heavy (non-hydrogen) atoms. The smallest absolute Gasteiger partial charge is 0 e. The topological polar surface area (TPSA) is 0 Å². The van der Waals surface area contributed by atoms with Gasteiger partial charge in [0.15, 0.2) is 0 Å². The van der Waals surface area contributed by atoms with Crippen LogP contribution < -0.4 is 0 Å². The van der Waals surface area contributed by atoms with Crippen molar-refractivity contribution in [2.45, 2.75) is 0 Å². The Morgan fingerprint density at radius 3 is 1.00 bits per heavy atom.